The number of amides is 1. The second-order valence-electron chi connectivity index (χ2n) is 12.0. The van der Waals surface area contributed by atoms with E-state index in [4.69, 9.17) is 10.2 Å². The number of carbonyl (C=O) groups excluding carboxylic acids is 1. The first-order chi connectivity index (χ1) is 24.0. The minimum atomic E-state index is -1.14. The molecule has 1 aliphatic heterocycles. The molecule has 2 aromatic rings. The van der Waals surface area contributed by atoms with E-state index in [1.165, 1.54) is 22.0 Å². The average molecular weight is 732 g/mol. The third kappa shape index (κ3) is 16.1. The summed E-state index contributed by atoms with van der Waals surface area (Å²) in [5.41, 5.74) is 2.44. The maximum atomic E-state index is 12.2. The van der Waals surface area contributed by atoms with Gasteiger partial charge in [0.15, 0.2) is 0 Å². The summed E-state index contributed by atoms with van der Waals surface area (Å²) in [7, 11) is 3.86. The van der Waals surface area contributed by atoms with Crippen molar-refractivity contribution in [3.05, 3.63) is 59.7 Å². The molecule has 1 amide bonds. The molecule has 272 valence electrons. The van der Waals surface area contributed by atoms with Gasteiger partial charge in [0.05, 0.1) is 31.0 Å². The number of unbranched alkanes of at least 4 members (excludes halogenated alkanes) is 2. The molecule has 0 radical (unpaired) electrons. The van der Waals surface area contributed by atoms with E-state index in [0.29, 0.717) is 53.6 Å². The van der Waals surface area contributed by atoms with Gasteiger partial charge in [-0.15, -0.1) is 0 Å². The van der Waals surface area contributed by atoms with Crippen LogP contribution in [0.15, 0.2) is 58.8 Å². The van der Waals surface area contributed by atoms with Crippen LogP contribution in [0.5, 0.6) is 0 Å². The lowest BCUT2D eigenvalue weighted by molar-refractivity contribution is -0.147. The van der Waals surface area contributed by atoms with Crippen LogP contribution in [0.1, 0.15) is 62.5 Å². The number of hydrogen-bond donors (Lipinski definition) is 5. The van der Waals surface area contributed by atoms with Crippen molar-refractivity contribution in [2.24, 2.45) is 10.2 Å². The highest BCUT2D eigenvalue weighted by Crippen LogP contribution is 2.39. The molecule has 3 rings (SSSR count). The van der Waals surface area contributed by atoms with Gasteiger partial charge in [0.25, 0.3) is 0 Å². The van der Waals surface area contributed by atoms with Crippen LogP contribution in [0, 0.1) is 0 Å². The predicted molar refractivity (Wildman–Crippen MR) is 191 cm³/mol. The molecule has 2 aromatic carbocycles. The fraction of sp³-hybridized carbons (Fsp3) is 0.500. The largest absolute Gasteiger partial charge is 0.480 e. The van der Waals surface area contributed by atoms with Crippen molar-refractivity contribution < 1.29 is 44.4 Å². The van der Waals surface area contributed by atoms with Crippen LogP contribution in [-0.4, -0.2) is 103 Å². The Morgan fingerprint density at radius 1 is 0.760 bits per heavy atom. The lowest BCUT2D eigenvalue weighted by Crippen LogP contribution is -2.43. The Bertz CT molecular complexity index is 1420. The number of hydrogen-bond acceptors (Lipinski definition) is 11. The van der Waals surface area contributed by atoms with E-state index in [0.717, 1.165) is 19.3 Å². The van der Waals surface area contributed by atoms with Gasteiger partial charge in [0.1, 0.15) is 6.04 Å². The first-order valence-corrected chi connectivity index (χ1v) is 18.9. The van der Waals surface area contributed by atoms with Crippen LogP contribution in [-0.2, 0) is 37.1 Å². The molecule has 16 heteroatoms. The molecule has 0 spiro atoms. The Balaban J connectivity index is 1.47. The van der Waals surface area contributed by atoms with E-state index in [1.807, 2.05) is 21.6 Å². The van der Waals surface area contributed by atoms with Gasteiger partial charge < -0.3 is 25.7 Å². The van der Waals surface area contributed by atoms with Crippen molar-refractivity contribution in [2.75, 3.05) is 31.9 Å². The maximum absolute atomic E-state index is 12.2. The molecule has 2 unspecified atom stereocenters. The summed E-state index contributed by atoms with van der Waals surface area (Å²) < 4.78 is 0. The van der Waals surface area contributed by atoms with Crippen molar-refractivity contribution in [3.63, 3.8) is 0 Å². The second kappa shape index (κ2) is 22.0. The quantitative estimate of drug-likeness (QED) is 0.0520. The molecule has 2 atom stereocenters. The van der Waals surface area contributed by atoms with Crippen molar-refractivity contribution in [1.82, 2.24) is 15.1 Å². The van der Waals surface area contributed by atoms with Gasteiger partial charge >= 0.3 is 23.9 Å². The van der Waals surface area contributed by atoms with Crippen molar-refractivity contribution >= 4 is 62.7 Å². The van der Waals surface area contributed by atoms with Gasteiger partial charge in [-0.2, -0.15) is 10.2 Å². The van der Waals surface area contributed by atoms with Gasteiger partial charge in [-0.3, -0.25) is 33.8 Å². The average Bonchev–Trinajstić information content (AvgIpc) is 3.57. The van der Waals surface area contributed by atoms with Crippen LogP contribution in [0.2, 0.25) is 0 Å². The number of carbonyl (C=O) groups is 5. The summed E-state index contributed by atoms with van der Waals surface area (Å²) in [6.07, 6.45) is 6.07. The first kappa shape index (κ1) is 40.4. The molecule has 0 saturated carbocycles. The Morgan fingerprint density at radius 3 is 1.86 bits per heavy atom. The highest BCUT2D eigenvalue weighted by Gasteiger charge is 2.27. The number of benzene rings is 2. The van der Waals surface area contributed by atoms with Gasteiger partial charge in [-0.1, -0.05) is 52.3 Å². The summed E-state index contributed by atoms with van der Waals surface area (Å²) in [6, 6.07) is 12.6. The zero-order chi connectivity index (χ0) is 36.3. The van der Waals surface area contributed by atoms with Crippen molar-refractivity contribution in [1.29, 1.82) is 0 Å². The number of carboxylic acid groups (broad SMARTS) is 4. The minimum absolute atomic E-state index is 0.00221. The molecule has 0 aliphatic carbocycles. The zero-order valence-corrected chi connectivity index (χ0v) is 29.4. The number of azo groups is 1. The fourth-order valence-electron chi connectivity index (χ4n) is 5.41. The van der Waals surface area contributed by atoms with E-state index in [1.54, 1.807) is 48.5 Å². The molecule has 1 heterocycles. The smallest absolute Gasteiger partial charge is 0.320 e. The molecule has 1 fully saturated rings. The topological polar surface area (TPSA) is 209 Å². The van der Waals surface area contributed by atoms with Crippen molar-refractivity contribution in [2.45, 2.75) is 75.7 Å². The molecular formula is C34H45N5O9S2. The molecule has 1 aliphatic rings. The van der Waals surface area contributed by atoms with Crippen LogP contribution in [0.25, 0.3) is 0 Å². The number of aliphatic carboxylic acids is 4. The molecule has 0 aromatic heterocycles. The summed E-state index contributed by atoms with van der Waals surface area (Å²) in [4.78, 5) is 60.8. The van der Waals surface area contributed by atoms with E-state index in [2.05, 4.69) is 15.5 Å². The lowest BCUT2D eigenvalue weighted by atomic mass is 10.1. The second-order valence-corrected chi connectivity index (χ2v) is 14.8. The molecule has 14 nitrogen and oxygen atoms in total. The van der Waals surface area contributed by atoms with Crippen molar-refractivity contribution in [3.8, 4) is 0 Å². The summed E-state index contributed by atoms with van der Waals surface area (Å²) in [5.74, 6) is -3.29. The monoisotopic (exact) mass is 731 g/mol. The van der Waals surface area contributed by atoms with Gasteiger partial charge in [-0.25, -0.2) is 0 Å². The molecule has 0 bridgehead atoms. The number of nitrogens with zero attached hydrogens (tertiary/aromatic N) is 4. The summed E-state index contributed by atoms with van der Waals surface area (Å²) in [6.45, 7) is -0.594. The number of rotatable bonds is 24. The first-order valence-electron chi connectivity index (χ1n) is 16.5. The van der Waals surface area contributed by atoms with E-state index in [9.17, 15) is 34.2 Å². The molecular weight excluding hydrogens is 687 g/mol. The third-order valence-corrected chi connectivity index (χ3v) is 10.9. The van der Waals surface area contributed by atoms with E-state index in [-0.39, 0.29) is 25.4 Å². The highest BCUT2D eigenvalue weighted by atomic mass is 33.1. The fourth-order valence-corrected chi connectivity index (χ4v) is 8.44. The van der Waals surface area contributed by atoms with E-state index >= 15 is 0 Å². The predicted octanol–water partition coefficient (Wildman–Crippen LogP) is 5.41. The molecule has 1 saturated heterocycles. The SMILES string of the molecule is O=C(O)CN(CC(=O)O)Cc1ccc(N=Nc2ccc(CN(CC(=O)O)C(CCCCNC(=O)CCCCC3CCSS3)C(=O)O)cc2)cc1. The number of nitrogens with one attached hydrogen (secondary N) is 1. The minimum Gasteiger partial charge on any atom is -0.480 e. The lowest BCUT2D eigenvalue weighted by Gasteiger charge is -2.27. The summed E-state index contributed by atoms with van der Waals surface area (Å²) in [5, 5.41) is 49.5. The normalized spacial score (nSPS) is 15.0. The van der Waals surface area contributed by atoms with Gasteiger partial charge in [0.2, 0.25) is 5.91 Å². The van der Waals surface area contributed by atoms with Crippen LogP contribution in [0.3, 0.4) is 0 Å². The zero-order valence-electron chi connectivity index (χ0n) is 27.8. The Hall–Kier alpha value is -3.99. The molecule has 5 N–H and O–H groups in total. The van der Waals surface area contributed by atoms with Gasteiger partial charge in [0, 0.05) is 37.1 Å². The summed E-state index contributed by atoms with van der Waals surface area (Å²) >= 11 is 0. The third-order valence-electron chi connectivity index (χ3n) is 7.86. The Morgan fingerprint density at radius 2 is 1.34 bits per heavy atom. The Kier molecular flexibility index (Phi) is 17.8. The standard InChI is InChI=1S/C34H45N5O9S2/c40-30(7-2-1-5-28-16-18-49-50-28)35-17-4-3-6-29(34(47)48)39(23-33(45)46)20-25-10-14-27(15-11-25)37-36-26-12-8-24(9-13-26)19-38(21-31(41)42)22-32(43)44/h8-15,28-29H,1-7,16-23H2,(H,35,40)(H,41,42)(H,43,44)(H,45,46)(H,47,48). The van der Waals surface area contributed by atoms with Crippen LogP contribution < -0.4 is 5.32 Å². The van der Waals surface area contributed by atoms with Gasteiger partial charge in [-0.05, 0) is 73.9 Å². The Labute approximate surface area is 299 Å². The molecule has 50 heavy (non-hydrogen) atoms. The van der Waals surface area contributed by atoms with E-state index < -0.39 is 49.6 Å². The van der Waals surface area contributed by atoms with Crippen LogP contribution >= 0.6 is 21.6 Å². The number of carboxylic acids is 4. The maximum Gasteiger partial charge on any atom is 0.320 e. The highest BCUT2D eigenvalue weighted by molar-refractivity contribution is 8.77. The van der Waals surface area contributed by atoms with Crippen LogP contribution in [0.4, 0.5) is 11.4 Å².